The molecule has 1 saturated heterocycles. The van der Waals surface area contributed by atoms with Gasteiger partial charge in [0.1, 0.15) is 6.04 Å². The van der Waals surface area contributed by atoms with E-state index in [0.29, 0.717) is 25.0 Å². The van der Waals surface area contributed by atoms with Crippen LogP contribution in [0.3, 0.4) is 0 Å². The SMILES string of the molecule is COC1C=C(Cn2ncc3c(C4CC=CC(c5ccc(CNCC6CCC(=O)N6)cc5)=C4Cl)cccc32)C([N+](=O)[O-])=CC1CN[C@@H](CO)C(=O)O. The minimum atomic E-state index is -1.22. The first kappa shape index (κ1) is 36.1. The van der Waals surface area contributed by atoms with Gasteiger partial charge in [-0.3, -0.25) is 24.4 Å². The van der Waals surface area contributed by atoms with Gasteiger partial charge in [0, 0.05) is 73.1 Å². The van der Waals surface area contributed by atoms with E-state index in [-0.39, 0.29) is 36.7 Å². The average Bonchev–Trinajstić information content (AvgIpc) is 3.74. The van der Waals surface area contributed by atoms with Gasteiger partial charge in [0.25, 0.3) is 5.70 Å². The Morgan fingerprint density at radius 1 is 1.22 bits per heavy atom. The third-order valence-corrected chi connectivity index (χ3v) is 10.2. The van der Waals surface area contributed by atoms with Crippen molar-refractivity contribution in [1.82, 2.24) is 25.7 Å². The molecule has 2 aromatic carbocycles. The molecule has 0 saturated carbocycles. The predicted octanol–water partition coefficient (Wildman–Crippen LogP) is 3.87. The maximum absolute atomic E-state index is 12.2. The molecule has 1 fully saturated rings. The zero-order valence-corrected chi connectivity index (χ0v) is 28.9. The van der Waals surface area contributed by atoms with Crippen molar-refractivity contribution in [1.29, 1.82) is 0 Å². The van der Waals surface area contributed by atoms with Gasteiger partial charge in [-0.15, -0.1) is 0 Å². The Morgan fingerprint density at radius 2 is 2.02 bits per heavy atom. The number of amides is 1. The zero-order chi connectivity index (χ0) is 36.1. The normalized spacial score (nSPS) is 22.5. The van der Waals surface area contributed by atoms with E-state index in [2.05, 4.69) is 57.5 Å². The Kier molecular flexibility index (Phi) is 11.4. The van der Waals surface area contributed by atoms with Crippen molar-refractivity contribution in [3.05, 3.63) is 116 Å². The first-order valence-corrected chi connectivity index (χ1v) is 17.3. The topological polar surface area (TPSA) is 181 Å². The molecule has 1 aromatic heterocycles. The molecule has 268 valence electrons. The van der Waals surface area contributed by atoms with Crippen LogP contribution in [0.25, 0.3) is 16.5 Å². The molecule has 2 aliphatic carbocycles. The quantitative estimate of drug-likeness (QED) is 0.114. The van der Waals surface area contributed by atoms with Gasteiger partial charge in [-0.2, -0.15) is 5.10 Å². The predicted molar refractivity (Wildman–Crippen MR) is 192 cm³/mol. The van der Waals surface area contributed by atoms with Crippen molar-refractivity contribution in [3.63, 3.8) is 0 Å². The number of nitrogens with zero attached hydrogens (tertiary/aromatic N) is 3. The van der Waals surface area contributed by atoms with Gasteiger partial charge in [-0.05, 0) is 47.2 Å². The number of halogens is 1. The van der Waals surface area contributed by atoms with E-state index >= 15 is 0 Å². The van der Waals surface area contributed by atoms with Crippen LogP contribution >= 0.6 is 11.6 Å². The highest BCUT2D eigenvalue weighted by Gasteiger charge is 2.33. The Labute approximate surface area is 299 Å². The fourth-order valence-electron chi connectivity index (χ4n) is 6.98. The van der Waals surface area contributed by atoms with Crippen LogP contribution in [-0.2, 0) is 27.4 Å². The second-order valence-electron chi connectivity index (χ2n) is 13.0. The number of nitrogens with one attached hydrogen (secondary N) is 3. The van der Waals surface area contributed by atoms with Crippen LogP contribution in [0, 0.1) is 16.0 Å². The largest absolute Gasteiger partial charge is 0.480 e. The molecule has 13 nitrogen and oxygen atoms in total. The summed E-state index contributed by atoms with van der Waals surface area (Å²) in [5.41, 5.74) is 5.20. The zero-order valence-electron chi connectivity index (χ0n) is 28.1. The number of allylic oxidation sites excluding steroid dienone is 5. The van der Waals surface area contributed by atoms with Crippen molar-refractivity contribution in [3.8, 4) is 0 Å². The number of hydrogen-bond donors (Lipinski definition) is 5. The van der Waals surface area contributed by atoms with E-state index in [0.717, 1.165) is 51.2 Å². The third kappa shape index (κ3) is 8.13. The number of aliphatic hydroxyl groups is 1. The van der Waals surface area contributed by atoms with E-state index in [4.69, 9.17) is 16.3 Å². The number of carbonyl (C=O) groups excluding carboxylic acids is 1. The summed E-state index contributed by atoms with van der Waals surface area (Å²) in [6.45, 7) is 0.986. The number of nitro groups is 1. The highest BCUT2D eigenvalue weighted by molar-refractivity contribution is 6.34. The summed E-state index contributed by atoms with van der Waals surface area (Å²) < 4.78 is 7.36. The molecule has 5 N–H and O–H groups in total. The molecule has 6 rings (SSSR count). The Balaban J connectivity index is 1.19. The molecule has 0 radical (unpaired) electrons. The number of hydrogen-bond acceptors (Lipinski definition) is 9. The second kappa shape index (κ2) is 16.1. The van der Waals surface area contributed by atoms with Gasteiger partial charge >= 0.3 is 5.97 Å². The highest BCUT2D eigenvalue weighted by Crippen LogP contribution is 2.42. The molecule has 2 heterocycles. The Hall–Kier alpha value is -4.66. The summed E-state index contributed by atoms with van der Waals surface area (Å²) in [5, 5.41) is 46.2. The minimum Gasteiger partial charge on any atom is -0.480 e. The van der Waals surface area contributed by atoms with Gasteiger partial charge < -0.3 is 30.9 Å². The first-order chi connectivity index (χ1) is 24.7. The molecule has 3 aromatic rings. The lowest BCUT2D eigenvalue weighted by Gasteiger charge is -2.26. The summed E-state index contributed by atoms with van der Waals surface area (Å²) in [6, 6.07) is 13.2. The van der Waals surface area contributed by atoms with Crippen molar-refractivity contribution >= 4 is 40.0 Å². The number of aliphatic hydroxyl groups excluding tert-OH is 1. The van der Waals surface area contributed by atoms with E-state index in [1.807, 2.05) is 18.2 Å². The molecule has 1 aliphatic heterocycles. The van der Waals surface area contributed by atoms with E-state index in [9.17, 15) is 29.9 Å². The molecule has 14 heteroatoms. The molecular formula is C37H41ClN6O7. The van der Waals surface area contributed by atoms with Gasteiger partial charge in [-0.1, -0.05) is 60.2 Å². The van der Waals surface area contributed by atoms with Crippen molar-refractivity contribution in [2.45, 2.75) is 56.5 Å². The summed E-state index contributed by atoms with van der Waals surface area (Å²) in [5.74, 6) is -1.75. The number of carboxylic acid groups (broad SMARTS) is 1. The van der Waals surface area contributed by atoms with E-state index < -0.39 is 35.6 Å². The van der Waals surface area contributed by atoms with E-state index in [1.54, 1.807) is 17.0 Å². The maximum Gasteiger partial charge on any atom is 0.323 e. The first-order valence-electron chi connectivity index (χ1n) is 16.9. The van der Waals surface area contributed by atoms with Crippen molar-refractivity contribution in [2.75, 3.05) is 26.8 Å². The number of aliphatic carboxylic acids is 1. The molecular weight excluding hydrogens is 676 g/mol. The number of ether oxygens (including phenoxy) is 1. The van der Waals surface area contributed by atoms with Gasteiger partial charge in [0.2, 0.25) is 5.91 Å². The number of aromatic nitrogens is 2. The van der Waals surface area contributed by atoms with E-state index in [1.165, 1.54) is 13.2 Å². The summed E-state index contributed by atoms with van der Waals surface area (Å²) in [7, 11) is 1.49. The van der Waals surface area contributed by atoms with Crippen LogP contribution < -0.4 is 16.0 Å². The lowest BCUT2D eigenvalue weighted by molar-refractivity contribution is -0.422. The third-order valence-electron chi connectivity index (χ3n) is 9.74. The molecule has 0 bridgehead atoms. The number of rotatable bonds is 15. The molecule has 3 aliphatic rings. The number of carboxylic acids is 1. The Bertz CT molecular complexity index is 1920. The maximum atomic E-state index is 12.2. The number of benzene rings is 2. The van der Waals surface area contributed by atoms with Crippen LogP contribution in [0.2, 0.25) is 0 Å². The lowest BCUT2D eigenvalue weighted by Crippen LogP contribution is -2.44. The molecule has 1 amide bonds. The van der Waals surface area contributed by atoms with Crippen molar-refractivity contribution in [2.24, 2.45) is 5.92 Å². The summed E-state index contributed by atoms with van der Waals surface area (Å²) in [6.07, 6.45) is 10.7. The number of carbonyl (C=O) groups is 2. The fourth-order valence-corrected chi connectivity index (χ4v) is 7.36. The highest BCUT2D eigenvalue weighted by atomic mass is 35.5. The summed E-state index contributed by atoms with van der Waals surface area (Å²) in [4.78, 5) is 34.5. The molecule has 51 heavy (non-hydrogen) atoms. The van der Waals surface area contributed by atoms with Gasteiger partial charge in [0.05, 0.1) is 35.9 Å². The molecule has 4 unspecified atom stereocenters. The lowest BCUT2D eigenvalue weighted by atomic mass is 9.85. The second-order valence-corrected chi connectivity index (χ2v) is 13.4. The monoisotopic (exact) mass is 716 g/mol. The standard InChI is InChI=1S/C37H41ClN6O7/c1-51-34-15-25(33(44(49)50)14-24(34)17-40-31(21-45)37(47)48)20-43-32-7-3-5-28(30(32)19-41-43)29-6-2-4-27(36(29)38)23-10-8-22(9-11-23)16-39-18-26-12-13-35(46)42-26/h2-5,7-11,14-15,19,24,26,29,31,34,39-40,45H,6,12-13,16-18,20-21H2,1H3,(H,42,46)(H,47,48)/t24?,26?,29?,31-,34?/m0/s1. The molecule has 5 atom stereocenters. The van der Waals surface area contributed by atoms with Crippen LogP contribution in [-0.4, -0.2) is 81.8 Å². The van der Waals surface area contributed by atoms with Crippen LogP contribution in [0.15, 0.2) is 89.3 Å². The fraction of sp³-hybridized carbons (Fsp3) is 0.378. The minimum absolute atomic E-state index is 0.0566. The van der Waals surface area contributed by atoms with Crippen molar-refractivity contribution < 1.29 is 29.5 Å². The molecule has 0 spiro atoms. The van der Waals surface area contributed by atoms with Gasteiger partial charge in [-0.25, -0.2) is 0 Å². The van der Waals surface area contributed by atoms with Crippen LogP contribution in [0.4, 0.5) is 0 Å². The smallest absolute Gasteiger partial charge is 0.323 e. The van der Waals surface area contributed by atoms with Crippen LogP contribution in [0.1, 0.15) is 41.9 Å². The van der Waals surface area contributed by atoms with Gasteiger partial charge in [0.15, 0.2) is 0 Å². The summed E-state index contributed by atoms with van der Waals surface area (Å²) >= 11 is 7.16. The number of fused-ring (bicyclic) bond motifs is 1. The average molecular weight is 717 g/mol. The number of methoxy groups -OCH3 is 1. The Morgan fingerprint density at radius 3 is 2.71 bits per heavy atom. The van der Waals surface area contributed by atoms with Crippen LogP contribution in [0.5, 0.6) is 0 Å².